The Bertz CT molecular complexity index is 562. The van der Waals surface area contributed by atoms with Gasteiger partial charge in [-0.2, -0.15) is 0 Å². The minimum Gasteiger partial charge on any atom is -0.314 e. The van der Waals surface area contributed by atoms with Crippen molar-refractivity contribution in [2.45, 2.75) is 53.0 Å². The van der Waals surface area contributed by atoms with Gasteiger partial charge in [-0.25, -0.2) is 9.97 Å². The summed E-state index contributed by atoms with van der Waals surface area (Å²) in [6, 6.07) is 0.475. The van der Waals surface area contributed by atoms with E-state index in [1.165, 1.54) is 21.5 Å². The lowest BCUT2D eigenvalue weighted by molar-refractivity contribution is 0.444. The van der Waals surface area contributed by atoms with Crippen molar-refractivity contribution in [2.75, 3.05) is 6.54 Å². The zero-order valence-electron chi connectivity index (χ0n) is 12.4. The van der Waals surface area contributed by atoms with Crippen LogP contribution in [-0.4, -0.2) is 22.6 Å². The number of aromatic nitrogens is 2. The van der Waals surface area contributed by atoms with E-state index in [4.69, 9.17) is 0 Å². The second-order valence-corrected chi connectivity index (χ2v) is 6.29. The van der Waals surface area contributed by atoms with Crippen LogP contribution in [0.25, 0.3) is 10.2 Å². The van der Waals surface area contributed by atoms with Crippen LogP contribution in [0.2, 0.25) is 0 Å². The molecule has 3 nitrogen and oxygen atoms in total. The summed E-state index contributed by atoms with van der Waals surface area (Å²) in [5.74, 6) is 0.406. The van der Waals surface area contributed by atoms with E-state index in [2.05, 4.69) is 49.9 Å². The second kappa shape index (κ2) is 5.97. The van der Waals surface area contributed by atoms with Crippen molar-refractivity contribution in [1.82, 2.24) is 15.3 Å². The Hall–Kier alpha value is -1.00. The Balaban J connectivity index is 2.49. The molecule has 0 saturated carbocycles. The molecule has 2 aromatic heterocycles. The fourth-order valence-electron chi connectivity index (χ4n) is 2.68. The molecular weight excluding hydrogens is 254 g/mol. The van der Waals surface area contributed by atoms with Crippen molar-refractivity contribution in [2.24, 2.45) is 0 Å². The Kier molecular flexibility index (Phi) is 4.53. The number of aryl methyl sites for hydroxylation is 2. The molecule has 0 aliphatic heterocycles. The highest BCUT2D eigenvalue weighted by Crippen LogP contribution is 2.34. The van der Waals surface area contributed by atoms with Crippen LogP contribution in [-0.2, 0) is 0 Å². The molecule has 4 heteroatoms. The summed E-state index contributed by atoms with van der Waals surface area (Å²) in [6.45, 7) is 12.0. The SMILES string of the molecule is CCNC(CC)C(C)c1ncnc2sc(C)c(C)c12. The van der Waals surface area contributed by atoms with E-state index in [9.17, 15) is 0 Å². The van der Waals surface area contributed by atoms with E-state index in [0.29, 0.717) is 12.0 Å². The van der Waals surface area contributed by atoms with Crippen molar-refractivity contribution in [3.63, 3.8) is 0 Å². The highest BCUT2D eigenvalue weighted by Gasteiger charge is 2.22. The first-order valence-electron chi connectivity index (χ1n) is 7.04. The summed E-state index contributed by atoms with van der Waals surface area (Å²) in [4.78, 5) is 11.5. The molecule has 2 atom stereocenters. The lowest BCUT2D eigenvalue weighted by atomic mass is 9.93. The molecule has 1 N–H and O–H groups in total. The van der Waals surface area contributed by atoms with Gasteiger partial charge in [0, 0.05) is 22.2 Å². The van der Waals surface area contributed by atoms with Gasteiger partial charge in [0.2, 0.25) is 0 Å². The van der Waals surface area contributed by atoms with Gasteiger partial charge in [0.15, 0.2) is 0 Å². The average Bonchev–Trinajstić information content (AvgIpc) is 2.71. The molecule has 19 heavy (non-hydrogen) atoms. The predicted octanol–water partition coefficient (Wildman–Crippen LogP) is 3.80. The van der Waals surface area contributed by atoms with Crippen molar-refractivity contribution in [3.8, 4) is 0 Å². The minimum absolute atomic E-state index is 0.406. The molecule has 0 bridgehead atoms. The molecule has 2 rings (SSSR count). The van der Waals surface area contributed by atoms with Gasteiger partial charge < -0.3 is 5.32 Å². The number of hydrogen-bond donors (Lipinski definition) is 1. The number of nitrogens with zero attached hydrogens (tertiary/aromatic N) is 2. The molecule has 0 aromatic carbocycles. The topological polar surface area (TPSA) is 37.8 Å². The van der Waals surface area contributed by atoms with Crippen LogP contribution in [0.4, 0.5) is 0 Å². The zero-order chi connectivity index (χ0) is 14.0. The maximum Gasteiger partial charge on any atom is 0.127 e. The van der Waals surface area contributed by atoms with Crippen LogP contribution < -0.4 is 5.32 Å². The molecule has 0 amide bonds. The van der Waals surface area contributed by atoms with Crippen LogP contribution in [0, 0.1) is 13.8 Å². The largest absolute Gasteiger partial charge is 0.314 e. The van der Waals surface area contributed by atoms with E-state index in [-0.39, 0.29) is 0 Å². The normalized spacial score (nSPS) is 14.8. The fraction of sp³-hybridized carbons (Fsp3) is 0.600. The Morgan fingerprint density at radius 2 is 2.00 bits per heavy atom. The number of rotatable bonds is 5. The van der Waals surface area contributed by atoms with Gasteiger partial charge in [-0.05, 0) is 32.4 Å². The summed E-state index contributed by atoms with van der Waals surface area (Å²) in [7, 11) is 0. The smallest absolute Gasteiger partial charge is 0.127 e. The maximum absolute atomic E-state index is 4.59. The first-order chi connectivity index (χ1) is 9.10. The lowest BCUT2D eigenvalue weighted by Crippen LogP contribution is -2.33. The maximum atomic E-state index is 4.59. The monoisotopic (exact) mass is 277 g/mol. The molecule has 0 radical (unpaired) electrons. The van der Waals surface area contributed by atoms with Crippen molar-refractivity contribution in [1.29, 1.82) is 0 Å². The molecule has 2 aromatic rings. The summed E-state index contributed by atoms with van der Waals surface area (Å²) in [5.41, 5.74) is 2.54. The van der Waals surface area contributed by atoms with E-state index >= 15 is 0 Å². The van der Waals surface area contributed by atoms with Gasteiger partial charge in [0.1, 0.15) is 11.2 Å². The van der Waals surface area contributed by atoms with Gasteiger partial charge in [-0.15, -0.1) is 11.3 Å². The number of thiophene rings is 1. The Morgan fingerprint density at radius 3 is 2.63 bits per heavy atom. The fourth-order valence-corrected chi connectivity index (χ4v) is 3.69. The van der Waals surface area contributed by atoms with Crippen LogP contribution >= 0.6 is 11.3 Å². The predicted molar refractivity (Wildman–Crippen MR) is 83.1 cm³/mol. The molecule has 0 fully saturated rings. The quantitative estimate of drug-likeness (QED) is 0.903. The zero-order valence-corrected chi connectivity index (χ0v) is 13.3. The molecule has 0 spiro atoms. The molecule has 2 unspecified atom stereocenters. The lowest BCUT2D eigenvalue weighted by Gasteiger charge is -2.23. The number of nitrogens with one attached hydrogen (secondary N) is 1. The third-order valence-corrected chi connectivity index (χ3v) is 5.05. The van der Waals surface area contributed by atoms with E-state index < -0.39 is 0 Å². The van der Waals surface area contributed by atoms with Gasteiger partial charge in [-0.3, -0.25) is 0 Å². The summed E-state index contributed by atoms with van der Waals surface area (Å²) < 4.78 is 0. The molecule has 2 heterocycles. The van der Waals surface area contributed by atoms with Crippen LogP contribution in [0.15, 0.2) is 6.33 Å². The van der Waals surface area contributed by atoms with Crippen molar-refractivity contribution >= 4 is 21.6 Å². The van der Waals surface area contributed by atoms with Crippen LogP contribution in [0.3, 0.4) is 0 Å². The first kappa shape index (κ1) is 14.4. The number of likely N-dealkylation sites (N-methyl/N-ethyl adjacent to an activating group) is 1. The van der Waals surface area contributed by atoms with Crippen LogP contribution in [0.1, 0.15) is 49.2 Å². The molecule has 0 aliphatic carbocycles. The summed E-state index contributed by atoms with van der Waals surface area (Å²) in [6.07, 6.45) is 2.82. The highest BCUT2D eigenvalue weighted by atomic mass is 32.1. The third kappa shape index (κ3) is 2.65. The average molecular weight is 277 g/mol. The third-order valence-electron chi connectivity index (χ3n) is 3.94. The van der Waals surface area contributed by atoms with E-state index in [1.807, 2.05) is 0 Å². The van der Waals surface area contributed by atoms with Gasteiger partial charge in [-0.1, -0.05) is 20.8 Å². The van der Waals surface area contributed by atoms with Crippen molar-refractivity contribution < 1.29 is 0 Å². The Morgan fingerprint density at radius 1 is 1.26 bits per heavy atom. The van der Waals surface area contributed by atoms with Gasteiger partial charge in [0.25, 0.3) is 0 Å². The first-order valence-corrected chi connectivity index (χ1v) is 7.85. The number of hydrogen-bond acceptors (Lipinski definition) is 4. The standard InChI is InChI=1S/C15H23N3S/c1-6-12(16-7-2)10(4)14-13-9(3)11(5)19-15(13)18-8-17-14/h8,10,12,16H,6-7H2,1-5H3. The van der Waals surface area contributed by atoms with E-state index in [1.54, 1.807) is 17.7 Å². The minimum atomic E-state index is 0.406. The summed E-state index contributed by atoms with van der Waals surface area (Å²) >= 11 is 1.77. The number of fused-ring (bicyclic) bond motifs is 1. The molecule has 0 saturated heterocycles. The van der Waals surface area contributed by atoms with E-state index in [0.717, 1.165) is 17.8 Å². The Labute approximate surface area is 119 Å². The van der Waals surface area contributed by atoms with Crippen molar-refractivity contribution in [3.05, 3.63) is 22.5 Å². The van der Waals surface area contributed by atoms with Gasteiger partial charge >= 0.3 is 0 Å². The van der Waals surface area contributed by atoms with Crippen LogP contribution in [0.5, 0.6) is 0 Å². The van der Waals surface area contributed by atoms with Gasteiger partial charge in [0.05, 0.1) is 5.69 Å². The molecule has 104 valence electrons. The molecular formula is C15H23N3S. The molecule has 0 aliphatic rings. The summed E-state index contributed by atoms with van der Waals surface area (Å²) in [5, 5.41) is 4.84. The highest BCUT2D eigenvalue weighted by molar-refractivity contribution is 7.18. The second-order valence-electron chi connectivity index (χ2n) is 5.08.